The lowest BCUT2D eigenvalue weighted by Crippen LogP contribution is -2.17. The third-order valence-electron chi connectivity index (χ3n) is 2.59. The lowest BCUT2D eigenvalue weighted by molar-refractivity contribution is 0.0696. The molecule has 0 amide bonds. The van der Waals surface area contributed by atoms with Crippen LogP contribution in [0.4, 0.5) is 0 Å². The Bertz CT molecular complexity index is 178. The Morgan fingerprint density at radius 1 is 0.565 bits per heavy atom. The van der Waals surface area contributed by atoms with Crippen LogP contribution in [-0.2, 0) is 0 Å². The van der Waals surface area contributed by atoms with Gasteiger partial charge in [-0.25, -0.2) is 0 Å². The molecular weight excluding hydrogens is 328 g/mol. The minimum absolute atomic E-state index is 0.450. The number of rotatable bonds is 6. The number of hydrogen-bond donors (Lipinski definition) is 3. The Labute approximate surface area is 154 Å². The minimum atomic E-state index is -0.450. The van der Waals surface area contributed by atoms with Crippen LogP contribution in [0.2, 0.25) is 0 Å². The molecule has 0 aliphatic carbocycles. The molecule has 0 aliphatic heterocycles. The van der Waals surface area contributed by atoms with Crippen LogP contribution < -0.4 is 0 Å². The topological polar surface area (TPSA) is 60.7 Å². The highest BCUT2D eigenvalue weighted by Crippen LogP contribution is 2.09. The monoisotopic (exact) mass is 372 g/mol. The second kappa shape index (κ2) is 17.2. The Hall–Kier alpha value is 0.387. The van der Waals surface area contributed by atoms with Crippen molar-refractivity contribution in [2.45, 2.75) is 118 Å². The molecule has 0 atom stereocenters. The molecular formula is C18H45ClO3Si. The fourth-order valence-electron chi connectivity index (χ4n) is 1.84. The van der Waals surface area contributed by atoms with Crippen molar-refractivity contribution in [3.8, 4) is 0 Å². The molecule has 3 N–H and O–H groups in total. The standard InChI is InChI=1S/3C6H14O.ClH3Si/c3*1-4-5-6(2,3)7;1-2/h3*7H,4-5H2,1-3H3;2H3. The molecule has 0 rings (SSSR count). The van der Waals surface area contributed by atoms with Gasteiger partial charge in [0.15, 0.2) is 0 Å². The molecule has 3 nitrogen and oxygen atoms in total. The molecule has 0 aliphatic rings. The maximum Gasteiger partial charge on any atom is 0.109 e. The summed E-state index contributed by atoms with van der Waals surface area (Å²) in [6.07, 6.45) is 5.86. The van der Waals surface area contributed by atoms with Gasteiger partial charge in [0.05, 0.1) is 16.8 Å². The summed E-state index contributed by atoms with van der Waals surface area (Å²) < 4.78 is 0. The Morgan fingerprint density at radius 3 is 0.696 bits per heavy atom. The molecule has 0 spiro atoms. The van der Waals surface area contributed by atoms with Crippen molar-refractivity contribution in [3.05, 3.63) is 0 Å². The predicted molar refractivity (Wildman–Crippen MR) is 109 cm³/mol. The molecule has 146 valence electrons. The van der Waals surface area contributed by atoms with Gasteiger partial charge < -0.3 is 15.3 Å². The van der Waals surface area contributed by atoms with Crippen LogP contribution in [0.5, 0.6) is 0 Å². The molecule has 0 aromatic rings. The normalized spacial score (nSPS) is 11.3. The Balaban J connectivity index is -0.000000111. The Kier molecular flexibility index (Phi) is 23.3. The summed E-state index contributed by atoms with van der Waals surface area (Å²) in [5.74, 6) is 0. The van der Waals surface area contributed by atoms with Crippen molar-refractivity contribution in [1.82, 2.24) is 0 Å². The van der Waals surface area contributed by atoms with Gasteiger partial charge in [-0.1, -0.05) is 40.0 Å². The molecule has 0 radical (unpaired) electrons. The van der Waals surface area contributed by atoms with Gasteiger partial charge in [-0.15, -0.1) is 0 Å². The minimum Gasteiger partial charge on any atom is -0.390 e. The zero-order valence-electron chi connectivity index (χ0n) is 17.5. The molecule has 0 aromatic heterocycles. The van der Waals surface area contributed by atoms with E-state index >= 15 is 0 Å². The molecule has 0 fully saturated rings. The smallest absolute Gasteiger partial charge is 0.109 e. The quantitative estimate of drug-likeness (QED) is 0.484. The average molecular weight is 373 g/mol. The van der Waals surface area contributed by atoms with E-state index in [0.29, 0.717) is 0 Å². The first kappa shape index (κ1) is 31.2. The first-order valence-corrected chi connectivity index (χ1v) is 11.8. The highest BCUT2D eigenvalue weighted by Gasteiger charge is 2.09. The second-order valence-corrected chi connectivity index (χ2v) is 7.69. The van der Waals surface area contributed by atoms with Crippen LogP contribution in [0, 0.1) is 0 Å². The summed E-state index contributed by atoms with van der Waals surface area (Å²) in [6.45, 7) is 17.2. The van der Waals surface area contributed by atoms with Gasteiger partial charge in [0, 0.05) is 0 Å². The van der Waals surface area contributed by atoms with E-state index in [9.17, 15) is 0 Å². The van der Waals surface area contributed by atoms with Gasteiger partial charge >= 0.3 is 0 Å². The van der Waals surface area contributed by atoms with E-state index in [2.05, 4.69) is 20.8 Å². The third kappa shape index (κ3) is 60.6. The Morgan fingerprint density at radius 2 is 0.696 bits per heavy atom. The van der Waals surface area contributed by atoms with Crippen molar-refractivity contribution in [2.24, 2.45) is 0 Å². The van der Waals surface area contributed by atoms with Gasteiger partial charge in [-0.05, 0) is 60.8 Å². The molecule has 23 heavy (non-hydrogen) atoms. The fourth-order valence-corrected chi connectivity index (χ4v) is 1.84. The average Bonchev–Trinajstić information content (AvgIpc) is 2.28. The van der Waals surface area contributed by atoms with Gasteiger partial charge in [0.25, 0.3) is 0 Å². The summed E-state index contributed by atoms with van der Waals surface area (Å²) in [5.41, 5.74) is -1.35. The molecule has 0 saturated heterocycles. The van der Waals surface area contributed by atoms with Crippen LogP contribution in [0.1, 0.15) is 101 Å². The van der Waals surface area contributed by atoms with E-state index in [0.717, 1.165) is 48.1 Å². The van der Waals surface area contributed by atoms with Gasteiger partial charge in [-0.2, -0.15) is 11.1 Å². The maximum atomic E-state index is 9.02. The maximum absolute atomic E-state index is 9.02. The van der Waals surface area contributed by atoms with Gasteiger partial charge in [-0.3, -0.25) is 0 Å². The van der Waals surface area contributed by atoms with Crippen molar-refractivity contribution >= 4 is 20.6 Å². The van der Waals surface area contributed by atoms with Gasteiger partial charge in [0.1, 0.15) is 9.55 Å². The van der Waals surface area contributed by atoms with E-state index in [1.807, 2.05) is 41.5 Å². The third-order valence-corrected chi connectivity index (χ3v) is 2.59. The lowest BCUT2D eigenvalue weighted by atomic mass is 10.0. The van der Waals surface area contributed by atoms with E-state index in [-0.39, 0.29) is 0 Å². The number of aliphatic hydroxyl groups is 3. The first-order chi connectivity index (χ1) is 10.2. The molecule has 0 unspecified atom stereocenters. The largest absolute Gasteiger partial charge is 0.390 e. The number of hydrogen-bond acceptors (Lipinski definition) is 3. The van der Waals surface area contributed by atoms with E-state index < -0.39 is 16.8 Å². The van der Waals surface area contributed by atoms with Crippen LogP contribution in [-0.4, -0.2) is 41.7 Å². The summed E-state index contributed by atoms with van der Waals surface area (Å²) in [4.78, 5) is 0. The van der Waals surface area contributed by atoms with Crippen LogP contribution in [0.3, 0.4) is 0 Å². The van der Waals surface area contributed by atoms with Crippen LogP contribution >= 0.6 is 11.1 Å². The zero-order chi connectivity index (χ0) is 19.7. The highest BCUT2D eigenvalue weighted by atomic mass is 35.6. The van der Waals surface area contributed by atoms with Gasteiger partial charge in [0.2, 0.25) is 0 Å². The van der Waals surface area contributed by atoms with E-state index in [1.54, 1.807) is 0 Å². The van der Waals surface area contributed by atoms with Crippen molar-refractivity contribution < 1.29 is 15.3 Å². The molecule has 5 heteroatoms. The summed E-state index contributed by atoms with van der Waals surface area (Å²) in [7, 11) is 0.778. The second-order valence-electron chi connectivity index (χ2n) is 7.69. The zero-order valence-corrected chi connectivity index (χ0v) is 20.2. The van der Waals surface area contributed by atoms with E-state index in [1.165, 1.54) is 0 Å². The molecule has 0 aromatic carbocycles. The van der Waals surface area contributed by atoms with Crippen LogP contribution in [0.25, 0.3) is 0 Å². The van der Waals surface area contributed by atoms with Crippen molar-refractivity contribution in [1.29, 1.82) is 0 Å². The SMILES string of the molecule is CCCC(C)(C)O.CCCC(C)(C)O.CCCC(C)(C)O.[SiH3]Cl. The summed E-state index contributed by atoms with van der Waals surface area (Å²) >= 11 is 4.78. The molecule has 0 saturated carbocycles. The van der Waals surface area contributed by atoms with E-state index in [4.69, 9.17) is 26.4 Å². The predicted octanol–water partition coefficient (Wildman–Crippen LogP) is 4.18. The summed E-state index contributed by atoms with van der Waals surface area (Å²) in [5, 5.41) is 27.1. The first-order valence-electron chi connectivity index (χ1n) is 8.73. The fraction of sp³-hybridized carbons (Fsp3) is 1.00. The van der Waals surface area contributed by atoms with Crippen molar-refractivity contribution in [2.75, 3.05) is 0 Å². The lowest BCUT2D eigenvalue weighted by Gasteiger charge is -2.14. The number of halogens is 1. The molecule has 0 bridgehead atoms. The molecule has 0 heterocycles. The highest BCUT2D eigenvalue weighted by molar-refractivity contribution is 6.80. The van der Waals surface area contributed by atoms with Crippen LogP contribution in [0.15, 0.2) is 0 Å². The van der Waals surface area contributed by atoms with Crippen molar-refractivity contribution in [3.63, 3.8) is 0 Å². The summed E-state index contributed by atoms with van der Waals surface area (Å²) in [6, 6.07) is 0.